The molecule has 1 heterocycles. The zero-order valence-corrected chi connectivity index (χ0v) is 16.4. The summed E-state index contributed by atoms with van der Waals surface area (Å²) in [7, 11) is 1.83. The first-order valence-corrected chi connectivity index (χ1v) is 9.61. The number of rotatable bonds is 8. The molecular formula is C20H20N4O3S. The molecule has 0 aliphatic heterocycles. The third-order valence-electron chi connectivity index (χ3n) is 3.92. The summed E-state index contributed by atoms with van der Waals surface area (Å²) in [5.41, 5.74) is 1.15. The smallest absolute Gasteiger partial charge is 0.234 e. The van der Waals surface area contributed by atoms with Gasteiger partial charge in [-0.1, -0.05) is 42.1 Å². The number of nitrogens with zero attached hydrogens (tertiary/aromatic N) is 3. The summed E-state index contributed by atoms with van der Waals surface area (Å²) >= 11 is 1.28. The van der Waals surface area contributed by atoms with Gasteiger partial charge in [0.05, 0.1) is 5.75 Å². The summed E-state index contributed by atoms with van der Waals surface area (Å²) in [5, 5.41) is 11.6. The van der Waals surface area contributed by atoms with Crippen LogP contribution in [0.1, 0.15) is 23.1 Å². The van der Waals surface area contributed by atoms with E-state index in [1.807, 2.05) is 37.4 Å². The van der Waals surface area contributed by atoms with E-state index in [4.69, 9.17) is 4.74 Å². The van der Waals surface area contributed by atoms with Crippen LogP contribution in [0.5, 0.6) is 5.75 Å². The van der Waals surface area contributed by atoms with E-state index >= 15 is 0 Å². The Morgan fingerprint density at radius 2 is 1.89 bits per heavy atom. The van der Waals surface area contributed by atoms with Gasteiger partial charge < -0.3 is 14.6 Å². The summed E-state index contributed by atoms with van der Waals surface area (Å²) in [6.07, 6.45) is 0. The fourth-order valence-corrected chi connectivity index (χ4v) is 3.13. The van der Waals surface area contributed by atoms with Gasteiger partial charge in [-0.2, -0.15) is 0 Å². The van der Waals surface area contributed by atoms with Crippen molar-refractivity contribution in [1.82, 2.24) is 14.8 Å². The van der Waals surface area contributed by atoms with Gasteiger partial charge in [-0.3, -0.25) is 9.59 Å². The molecule has 3 rings (SSSR count). The molecule has 0 bridgehead atoms. The van der Waals surface area contributed by atoms with Gasteiger partial charge in [0, 0.05) is 18.3 Å². The number of hydrogen-bond donors (Lipinski definition) is 1. The van der Waals surface area contributed by atoms with E-state index in [0.29, 0.717) is 22.2 Å². The standard InChI is InChI=1S/C20H20N4O3S/c1-14(25)15-7-6-8-16(11-15)21-19(26)13-28-20-23-22-18(24(20)2)12-27-17-9-4-3-5-10-17/h3-11H,12-13H2,1-2H3,(H,21,26). The Morgan fingerprint density at radius 3 is 2.64 bits per heavy atom. The first-order chi connectivity index (χ1) is 13.5. The lowest BCUT2D eigenvalue weighted by Gasteiger charge is -2.07. The number of carbonyl (C=O) groups is 2. The number of benzene rings is 2. The van der Waals surface area contributed by atoms with Crippen LogP contribution in [0.2, 0.25) is 0 Å². The molecule has 8 heteroatoms. The topological polar surface area (TPSA) is 86.1 Å². The number of ether oxygens (including phenoxy) is 1. The van der Waals surface area contributed by atoms with Gasteiger partial charge in [0.1, 0.15) is 12.4 Å². The second kappa shape index (κ2) is 9.18. The van der Waals surface area contributed by atoms with Gasteiger partial charge in [0.2, 0.25) is 5.91 Å². The molecular weight excluding hydrogens is 376 g/mol. The molecule has 0 saturated heterocycles. The van der Waals surface area contributed by atoms with E-state index in [9.17, 15) is 9.59 Å². The second-order valence-corrected chi connectivity index (χ2v) is 6.98. The highest BCUT2D eigenvalue weighted by atomic mass is 32.2. The molecule has 2 aromatic carbocycles. The monoisotopic (exact) mass is 396 g/mol. The highest BCUT2D eigenvalue weighted by Crippen LogP contribution is 2.18. The highest BCUT2D eigenvalue weighted by Gasteiger charge is 2.12. The van der Waals surface area contributed by atoms with Crippen molar-refractivity contribution in [3.05, 3.63) is 66.0 Å². The van der Waals surface area contributed by atoms with Crippen LogP contribution in [0.25, 0.3) is 0 Å². The number of nitrogens with one attached hydrogen (secondary N) is 1. The van der Waals surface area contributed by atoms with E-state index in [2.05, 4.69) is 15.5 Å². The fraction of sp³-hybridized carbons (Fsp3) is 0.200. The van der Waals surface area contributed by atoms with E-state index in [1.165, 1.54) is 18.7 Å². The maximum absolute atomic E-state index is 12.2. The summed E-state index contributed by atoms with van der Waals surface area (Å²) in [6.45, 7) is 1.78. The van der Waals surface area contributed by atoms with E-state index in [-0.39, 0.29) is 24.1 Å². The number of thioether (sulfide) groups is 1. The lowest BCUT2D eigenvalue weighted by atomic mass is 10.1. The minimum atomic E-state index is -0.184. The Bertz CT molecular complexity index is 973. The average molecular weight is 396 g/mol. The van der Waals surface area contributed by atoms with Gasteiger partial charge in [-0.05, 0) is 31.2 Å². The maximum atomic E-state index is 12.2. The molecule has 0 unspecified atom stereocenters. The first-order valence-electron chi connectivity index (χ1n) is 8.62. The van der Waals surface area contributed by atoms with Crippen molar-refractivity contribution >= 4 is 29.1 Å². The minimum absolute atomic E-state index is 0.0465. The number of hydrogen-bond acceptors (Lipinski definition) is 6. The van der Waals surface area contributed by atoms with Crippen LogP contribution >= 0.6 is 11.8 Å². The van der Waals surface area contributed by atoms with Crippen molar-refractivity contribution in [3.63, 3.8) is 0 Å². The zero-order chi connectivity index (χ0) is 19.9. The summed E-state index contributed by atoms with van der Waals surface area (Å²) < 4.78 is 7.48. The number of carbonyl (C=O) groups excluding carboxylic acids is 2. The maximum Gasteiger partial charge on any atom is 0.234 e. The summed E-state index contributed by atoms with van der Waals surface area (Å²) in [6, 6.07) is 16.3. The predicted molar refractivity (Wildman–Crippen MR) is 108 cm³/mol. The van der Waals surface area contributed by atoms with Crippen LogP contribution in [-0.4, -0.2) is 32.2 Å². The van der Waals surface area contributed by atoms with Crippen LogP contribution in [0, 0.1) is 0 Å². The Kier molecular flexibility index (Phi) is 6.44. The minimum Gasteiger partial charge on any atom is -0.486 e. The van der Waals surface area contributed by atoms with Crippen LogP contribution in [0.4, 0.5) is 5.69 Å². The predicted octanol–water partition coefficient (Wildman–Crippen LogP) is 3.33. The highest BCUT2D eigenvalue weighted by molar-refractivity contribution is 7.99. The number of aromatic nitrogens is 3. The van der Waals surface area contributed by atoms with Crippen molar-refractivity contribution < 1.29 is 14.3 Å². The molecule has 0 saturated carbocycles. The summed E-state index contributed by atoms with van der Waals surface area (Å²) in [5.74, 6) is 1.37. The van der Waals surface area contributed by atoms with Gasteiger partial charge in [-0.15, -0.1) is 10.2 Å². The number of Topliss-reactive ketones (excluding diaryl/α,β-unsaturated/α-hetero) is 1. The molecule has 0 aliphatic rings. The molecule has 0 radical (unpaired) electrons. The number of ketones is 1. The fourth-order valence-electron chi connectivity index (χ4n) is 2.40. The molecule has 0 atom stereocenters. The largest absolute Gasteiger partial charge is 0.486 e. The molecule has 7 nitrogen and oxygen atoms in total. The van der Waals surface area contributed by atoms with Gasteiger partial charge >= 0.3 is 0 Å². The third-order valence-corrected chi connectivity index (χ3v) is 4.94. The third kappa shape index (κ3) is 5.20. The van der Waals surface area contributed by atoms with Crippen LogP contribution in [0.3, 0.4) is 0 Å². The quantitative estimate of drug-likeness (QED) is 0.464. The SMILES string of the molecule is CC(=O)c1cccc(NC(=O)CSc2nnc(COc3ccccc3)n2C)c1. The van der Waals surface area contributed by atoms with Crippen molar-refractivity contribution in [2.75, 3.05) is 11.1 Å². The average Bonchev–Trinajstić information content (AvgIpc) is 3.05. The Hall–Kier alpha value is -3.13. The van der Waals surface area contributed by atoms with Crippen molar-refractivity contribution in [3.8, 4) is 5.75 Å². The van der Waals surface area contributed by atoms with Crippen LogP contribution in [-0.2, 0) is 18.4 Å². The number of amides is 1. The zero-order valence-electron chi connectivity index (χ0n) is 15.6. The lowest BCUT2D eigenvalue weighted by molar-refractivity contribution is -0.113. The van der Waals surface area contributed by atoms with Crippen molar-refractivity contribution in [2.45, 2.75) is 18.7 Å². The number of para-hydroxylation sites is 1. The van der Waals surface area contributed by atoms with E-state index < -0.39 is 0 Å². The van der Waals surface area contributed by atoms with Gasteiger partial charge in [0.15, 0.2) is 16.8 Å². The lowest BCUT2D eigenvalue weighted by Crippen LogP contribution is -2.15. The molecule has 0 fully saturated rings. The van der Waals surface area contributed by atoms with Crippen molar-refractivity contribution in [1.29, 1.82) is 0 Å². The molecule has 144 valence electrons. The molecule has 28 heavy (non-hydrogen) atoms. The molecule has 1 N–H and O–H groups in total. The van der Waals surface area contributed by atoms with Crippen LogP contribution in [0.15, 0.2) is 59.8 Å². The summed E-state index contributed by atoms with van der Waals surface area (Å²) in [4.78, 5) is 23.6. The Morgan fingerprint density at radius 1 is 1.11 bits per heavy atom. The molecule has 0 spiro atoms. The van der Waals surface area contributed by atoms with Crippen molar-refractivity contribution in [2.24, 2.45) is 7.05 Å². The second-order valence-electron chi connectivity index (χ2n) is 6.03. The van der Waals surface area contributed by atoms with Crippen LogP contribution < -0.4 is 10.1 Å². The van der Waals surface area contributed by atoms with Gasteiger partial charge in [-0.25, -0.2) is 0 Å². The first kappa shape index (κ1) is 19.6. The molecule has 1 aromatic heterocycles. The Labute approximate surface area is 167 Å². The molecule has 3 aromatic rings. The molecule has 0 aliphatic carbocycles. The van der Waals surface area contributed by atoms with E-state index in [1.54, 1.807) is 28.8 Å². The Balaban J connectivity index is 1.53. The normalized spacial score (nSPS) is 10.5. The van der Waals surface area contributed by atoms with Gasteiger partial charge in [0.25, 0.3) is 0 Å². The molecule has 1 amide bonds. The van der Waals surface area contributed by atoms with E-state index in [0.717, 1.165) is 5.75 Å². The number of anilines is 1.